The number of carbonyl (C=O) groups is 1. The molecule has 0 aliphatic heterocycles. The molecule has 0 unspecified atom stereocenters. The Hall–Kier alpha value is -3.12. The van der Waals surface area contributed by atoms with Crippen molar-refractivity contribution in [2.75, 3.05) is 7.11 Å². The van der Waals surface area contributed by atoms with Crippen molar-refractivity contribution in [2.24, 2.45) is 5.10 Å². The first-order valence-electron chi connectivity index (χ1n) is 8.59. The average Bonchev–Trinajstić information content (AvgIpc) is 2.74. The maximum absolute atomic E-state index is 12.6. The van der Waals surface area contributed by atoms with E-state index in [9.17, 15) is 4.79 Å². The fourth-order valence-electron chi connectivity index (χ4n) is 2.46. The molecule has 3 aromatic rings. The van der Waals surface area contributed by atoms with Crippen molar-refractivity contribution in [3.05, 3.63) is 94.0 Å². The van der Waals surface area contributed by atoms with Gasteiger partial charge in [0.1, 0.15) is 18.1 Å². The predicted molar refractivity (Wildman–Crippen MR) is 113 cm³/mol. The smallest absolute Gasteiger partial charge is 0.275 e. The molecule has 0 bridgehead atoms. The quantitative estimate of drug-likeness (QED) is 0.425. The number of carbonyl (C=O) groups excluding carboxylic acids is 1. The topological polar surface area (TPSA) is 59.9 Å². The van der Waals surface area contributed by atoms with Gasteiger partial charge in [-0.3, -0.25) is 4.79 Å². The van der Waals surface area contributed by atoms with Gasteiger partial charge in [0.05, 0.1) is 18.9 Å². The van der Waals surface area contributed by atoms with Gasteiger partial charge in [-0.2, -0.15) is 5.10 Å². The number of halogens is 1. The minimum absolute atomic E-state index is 0.353. The summed E-state index contributed by atoms with van der Waals surface area (Å²) in [6.45, 7) is 0.373. The lowest BCUT2D eigenvalue weighted by atomic mass is 10.2. The van der Waals surface area contributed by atoms with Crippen molar-refractivity contribution < 1.29 is 14.3 Å². The molecular formula is C22H19BrN2O3. The molecule has 0 atom stereocenters. The number of methoxy groups -OCH3 is 1. The van der Waals surface area contributed by atoms with Gasteiger partial charge in [-0.1, -0.05) is 46.3 Å². The second kappa shape index (κ2) is 9.71. The van der Waals surface area contributed by atoms with Crippen LogP contribution in [-0.2, 0) is 6.61 Å². The fraction of sp³-hybridized carbons (Fsp3) is 0.0909. The second-order valence-electron chi connectivity index (χ2n) is 5.89. The lowest BCUT2D eigenvalue weighted by molar-refractivity contribution is 0.0950. The molecule has 28 heavy (non-hydrogen) atoms. The van der Waals surface area contributed by atoms with Gasteiger partial charge in [0.15, 0.2) is 0 Å². The highest BCUT2D eigenvalue weighted by Gasteiger charge is 2.13. The largest absolute Gasteiger partial charge is 0.497 e. The first kappa shape index (κ1) is 19.6. The molecule has 3 rings (SSSR count). The van der Waals surface area contributed by atoms with Gasteiger partial charge in [0, 0.05) is 4.47 Å². The highest BCUT2D eigenvalue weighted by Crippen LogP contribution is 2.24. The van der Waals surface area contributed by atoms with Gasteiger partial charge in [-0.05, 0) is 53.6 Å². The Bertz CT molecular complexity index is 957. The van der Waals surface area contributed by atoms with Crippen molar-refractivity contribution in [1.82, 2.24) is 5.43 Å². The molecule has 0 spiro atoms. The van der Waals surface area contributed by atoms with E-state index in [4.69, 9.17) is 9.47 Å². The van der Waals surface area contributed by atoms with Crippen LogP contribution in [-0.4, -0.2) is 19.2 Å². The summed E-state index contributed by atoms with van der Waals surface area (Å²) >= 11 is 3.39. The highest BCUT2D eigenvalue weighted by atomic mass is 79.9. The molecular weight excluding hydrogens is 420 g/mol. The van der Waals surface area contributed by atoms with Crippen LogP contribution in [0, 0.1) is 0 Å². The predicted octanol–water partition coefficient (Wildman–Crippen LogP) is 4.80. The average molecular weight is 439 g/mol. The van der Waals surface area contributed by atoms with Crippen LogP contribution in [0.15, 0.2) is 82.4 Å². The van der Waals surface area contributed by atoms with Crippen molar-refractivity contribution >= 4 is 28.1 Å². The molecule has 6 heteroatoms. The van der Waals surface area contributed by atoms with Crippen LogP contribution < -0.4 is 14.9 Å². The van der Waals surface area contributed by atoms with Crippen molar-refractivity contribution in [3.8, 4) is 11.5 Å². The number of nitrogens with zero attached hydrogens (tertiary/aromatic N) is 1. The molecule has 0 heterocycles. The highest BCUT2D eigenvalue weighted by molar-refractivity contribution is 9.10. The summed E-state index contributed by atoms with van der Waals surface area (Å²) in [6.07, 6.45) is 1.57. The summed E-state index contributed by atoms with van der Waals surface area (Å²) in [6, 6.07) is 22.4. The molecule has 0 radical (unpaired) electrons. The molecule has 3 aromatic carbocycles. The van der Waals surface area contributed by atoms with E-state index >= 15 is 0 Å². The normalized spacial score (nSPS) is 10.6. The zero-order valence-corrected chi connectivity index (χ0v) is 16.8. The maximum Gasteiger partial charge on any atom is 0.275 e. The maximum atomic E-state index is 12.6. The van der Waals surface area contributed by atoms with Crippen LogP contribution in [0.3, 0.4) is 0 Å². The molecule has 0 aromatic heterocycles. The Labute approximate surface area is 172 Å². The minimum Gasteiger partial charge on any atom is -0.497 e. The zero-order valence-electron chi connectivity index (χ0n) is 15.3. The number of hydrogen-bond acceptors (Lipinski definition) is 4. The lowest BCUT2D eigenvalue weighted by Crippen LogP contribution is -2.18. The molecule has 0 aliphatic rings. The number of ether oxygens (including phenoxy) is 2. The summed E-state index contributed by atoms with van der Waals surface area (Å²) < 4.78 is 11.7. The Morgan fingerprint density at radius 1 is 1.07 bits per heavy atom. The Morgan fingerprint density at radius 3 is 2.54 bits per heavy atom. The van der Waals surface area contributed by atoms with Crippen LogP contribution in [0.25, 0.3) is 0 Å². The van der Waals surface area contributed by atoms with Crippen LogP contribution in [0.4, 0.5) is 0 Å². The van der Waals surface area contributed by atoms with Crippen LogP contribution >= 0.6 is 15.9 Å². The van der Waals surface area contributed by atoms with Crippen LogP contribution in [0.1, 0.15) is 21.5 Å². The van der Waals surface area contributed by atoms with E-state index in [0.29, 0.717) is 17.9 Å². The lowest BCUT2D eigenvalue weighted by Gasteiger charge is -2.11. The first-order valence-corrected chi connectivity index (χ1v) is 9.39. The van der Waals surface area contributed by atoms with E-state index < -0.39 is 0 Å². The second-order valence-corrected chi connectivity index (χ2v) is 6.80. The van der Waals surface area contributed by atoms with Crippen LogP contribution in [0.5, 0.6) is 11.5 Å². The molecule has 0 saturated carbocycles. The molecule has 142 valence electrons. The molecule has 1 N–H and O–H groups in total. The van der Waals surface area contributed by atoms with Crippen molar-refractivity contribution in [3.63, 3.8) is 0 Å². The summed E-state index contributed by atoms with van der Waals surface area (Å²) in [5, 5.41) is 4.03. The molecule has 0 saturated heterocycles. The number of nitrogens with one attached hydrogen (secondary N) is 1. The number of hydrogen-bond donors (Lipinski definition) is 1. The standard InChI is InChI=1S/C22H19BrN2O3/c1-27-19-10-7-16(8-11-19)14-24-25-22(26)20-13-18(23)9-12-21(20)28-15-17-5-3-2-4-6-17/h2-14H,15H2,1H3,(H,25,26)/b24-14-. The molecule has 5 nitrogen and oxygen atoms in total. The zero-order chi connectivity index (χ0) is 19.8. The van der Waals surface area contributed by atoms with Gasteiger partial charge < -0.3 is 9.47 Å². The Morgan fingerprint density at radius 2 is 1.82 bits per heavy atom. The third-order valence-electron chi connectivity index (χ3n) is 3.92. The van der Waals surface area contributed by atoms with Gasteiger partial charge in [-0.25, -0.2) is 5.43 Å². The summed E-state index contributed by atoms with van der Waals surface area (Å²) in [7, 11) is 1.61. The van der Waals surface area contributed by atoms with Crippen molar-refractivity contribution in [1.29, 1.82) is 0 Å². The minimum atomic E-state index is -0.353. The van der Waals surface area contributed by atoms with Gasteiger partial charge in [-0.15, -0.1) is 0 Å². The number of amides is 1. The van der Waals surface area contributed by atoms with Crippen molar-refractivity contribution in [2.45, 2.75) is 6.61 Å². The summed E-state index contributed by atoms with van der Waals surface area (Å²) in [5.41, 5.74) is 4.81. The molecule has 0 aliphatic carbocycles. The fourth-order valence-corrected chi connectivity index (χ4v) is 2.82. The molecule has 1 amide bonds. The van der Waals surface area contributed by atoms with E-state index in [-0.39, 0.29) is 5.91 Å². The van der Waals surface area contributed by atoms with Gasteiger partial charge >= 0.3 is 0 Å². The van der Waals surface area contributed by atoms with Gasteiger partial charge in [0.2, 0.25) is 0 Å². The van der Waals surface area contributed by atoms with E-state index in [1.165, 1.54) is 0 Å². The molecule has 0 fully saturated rings. The van der Waals surface area contributed by atoms with E-state index in [1.807, 2.05) is 60.7 Å². The van der Waals surface area contributed by atoms with E-state index in [1.54, 1.807) is 25.5 Å². The summed E-state index contributed by atoms with van der Waals surface area (Å²) in [5.74, 6) is 0.897. The number of rotatable bonds is 7. The van der Waals surface area contributed by atoms with Crippen LogP contribution in [0.2, 0.25) is 0 Å². The number of hydrazone groups is 1. The monoisotopic (exact) mass is 438 g/mol. The third-order valence-corrected chi connectivity index (χ3v) is 4.41. The Balaban J connectivity index is 1.67. The summed E-state index contributed by atoms with van der Waals surface area (Å²) in [4.78, 5) is 12.6. The van der Waals surface area contributed by atoms with E-state index in [2.05, 4.69) is 26.5 Å². The van der Waals surface area contributed by atoms with E-state index in [0.717, 1.165) is 21.3 Å². The number of benzene rings is 3. The SMILES string of the molecule is COc1ccc(/C=N\NC(=O)c2cc(Br)ccc2OCc2ccccc2)cc1. The Kier molecular flexibility index (Phi) is 6.81. The first-order chi connectivity index (χ1) is 13.7. The third kappa shape index (κ3) is 5.44. The van der Waals surface area contributed by atoms with Gasteiger partial charge in [0.25, 0.3) is 5.91 Å².